The molecule has 1 aliphatic rings. The van der Waals surface area contributed by atoms with Gasteiger partial charge in [0.25, 0.3) is 0 Å². The van der Waals surface area contributed by atoms with Gasteiger partial charge >= 0.3 is 0 Å². The third kappa shape index (κ3) is 2.52. The van der Waals surface area contributed by atoms with E-state index in [1.165, 1.54) is 10.4 Å². The van der Waals surface area contributed by atoms with Gasteiger partial charge in [0.15, 0.2) is 0 Å². The Balaban J connectivity index is 1.96. The highest BCUT2D eigenvalue weighted by Gasteiger charge is 2.20. The Morgan fingerprint density at radius 2 is 1.90 bits per heavy atom. The summed E-state index contributed by atoms with van der Waals surface area (Å²) in [6, 6.07) is 5.62. The Hall–Kier alpha value is -0.840. The molecule has 3 rings (SSSR count). The average molecular weight is 308 g/mol. The molecule has 0 bridgehead atoms. The van der Waals surface area contributed by atoms with Crippen molar-refractivity contribution >= 4 is 23.1 Å². The number of aryl methyl sites for hydroxylation is 3. The zero-order valence-electron chi connectivity index (χ0n) is 11.6. The molecule has 0 amide bonds. The minimum atomic E-state index is -0.645. The lowest BCUT2D eigenvalue weighted by Crippen LogP contribution is -2.00. The van der Waals surface area contributed by atoms with Gasteiger partial charge in [-0.25, -0.2) is 4.39 Å². The highest BCUT2D eigenvalue weighted by atomic mass is 32.2. The van der Waals surface area contributed by atoms with Crippen LogP contribution < -0.4 is 0 Å². The molecule has 106 valence electrons. The van der Waals surface area contributed by atoms with Gasteiger partial charge < -0.3 is 5.11 Å². The fraction of sp³-hybridized carbons (Fsp3) is 0.375. The molecule has 0 saturated heterocycles. The van der Waals surface area contributed by atoms with Crippen LogP contribution in [-0.4, -0.2) is 10.9 Å². The molecule has 1 aliphatic heterocycles. The molecule has 2 heterocycles. The molecule has 0 spiro atoms. The van der Waals surface area contributed by atoms with Crippen LogP contribution in [-0.2, 0) is 12.2 Å². The summed E-state index contributed by atoms with van der Waals surface area (Å²) in [5, 5.41) is 10.6. The van der Waals surface area contributed by atoms with Gasteiger partial charge in [-0.05, 0) is 54.3 Å². The van der Waals surface area contributed by atoms with Crippen molar-refractivity contribution in [2.45, 2.75) is 32.1 Å². The normalized spacial score (nSPS) is 16.0. The van der Waals surface area contributed by atoms with Crippen LogP contribution >= 0.6 is 23.1 Å². The van der Waals surface area contributed by atoms with Gasteiger partial charge in [-0.1, -0.05) is 12.1 Å². The molecule has 2 aromatic rings. The maximum atomic E-state index is 13.7. The van der Waals surface area contributed by atoms with E-state index in [0.29, 0.717) is 11.1 Å². The number of hydrogen-bond donors (Lipinski definition) is 1. The Morgan fingerprint density at radius 1 is 1.20 bits per heavy atom. The predicted molar refractivity (Wildman–Crippen MR) is 84.1 cm³/mol. The van der Waals surface area contributed by atoms with E-state index in [4.69, 9.17) is 0 Å². The molecular formula is C16H17FOS2. The number of fused-ring (bicyclic) bond motifs is 1. The zero-order valence-corrected chi connectivity index (χ0v) is 13.2. The van der Waals surface area contributed by atoms with Crippen molar-refractivity contribution in [2.75, 3.05) is 5.75 Å². The van der Waals surface area contributed by atoms with Gasteiger partial charge in [0.05, 0.1) is 0 Å². The van der Waals surface area contributed by atoms with Gasteiger partial charge in [0, 0.05) is 15.5 Å². The van der Waals surface area contributed by atoms with E-state index in [-0.39, 0.29) is 5.82 Å². The smallest absolute Gasteiger partial charge is 0.129 e. The molecule has 0 aliphatic carbocycles. The highest BCUT2D eigenvalue weighted by Crippen LogP contribution is 2.37. The molecule has 0 radical (unpaired) electrons. The van der Waals surface area contributed by atoms with E-state index in [9.17, 15) is 9.50 Å². The number of halogens is 1. The summed E-state index contributed by atoms with van der Waals surface area (Å²) in [6.45, 7) is 3.49. The third-order valence-electron chi connectivity index (χ3n) is 3.69. The first-order valence-electron chi connectivity index (χ1n) is 6.70. The summed E-state index contributed by atoms with van der Waals surface area (Å²) in [4.78, 5) is 2.37. The van der Waals surface area contributed by atoms with Crippen LogP contribution in [0.3, 0.4) is 0 Å². The first-order chi connectivity index (χ1) is 9.56. The van der Waals surface area contributed by atoms with E-state index in [1.54, 1.807) is 37.3 Å². The summed E-state index contributed by atoms with van der Waals surface area (Å²) in [7, 11) is 0. The number of aliphatic hydroxyl groups excluding tert-OH is 1. The Morgan fingerprint density at radius 3 is 2.55 bits per heavy atom. The maximum Gasteiger partial charge on any atom is 0.129 e. The molecule has 1 aromatic carbocycles. The molecule has 1 N–H and O–H groups in total. The summed E-state index contributed by atoms with van der Waals surface area (Å²) in [5.41, 5.74) is 3.33. The number of thioether (sulfide) groups is 1. The molecule has 1 atom stereocenters. The largest absolute Gasteiger partial charge is 0.383 e. The molecule has 1 aromatic heterocycles. The van der Waals surface area contributed by atoms with Crippen LogP contribution in [0.1, 0.15) is 38.1 Å². The van der Waals surface area contributed by atoms with Crippen molar-refractivity contribution in [3.05, 3.63) is 56.0 Å². The second kappa shape index (κ2) is 5.51. The Bertz CT molecular complexity index is 601. The Labute approximate surface area is 126 Å². The van der Waals surface area contributed by atoms with Crippen molar-refractivity contribution in [3.8, 4) is 0 Å². The van der Waals surface area contributed by atoms with Gasteiger partial charge in [-0.15, -0.1) is 11.3 Å². The maximum absolute atomic E-state index is 13.7. The van der Waals surface area contributed by atoms with Gasteiger partial charge in [0.1, 0.15) is 11.9 Å². The summed E-state index contributed by atoms with van der Waals surface area (Å²) < 4.78 is 13.7. The quantitative estimate of drug-likeness (QED) is 0.888. The lowest BCUT2D eigenvalue weighted by Gasteiger charge is -2.12. The van der Waals surface area contributed by atoms with Crippen molar-refractivity contribution in [1.29, 1.82) is 0 Å². The zero-order chi connectivity index (χ0) is 14.3. The minimum Gasteiger partial charge on any atom is -0.383 e. The van der Waals surface area contributed by atoms with Crippen LogP contribution in [0.4, 0.5) is 4.39 Å². The van der Waals surface area contributed by atoms with Crippen molar-refractivity contribution in [1.82, 2.24) is 0 Å². The topological polar surface area (TPSA) is 20.2 Å². The number of benzene rings is 1. The molecule has 0 fully saturated rings. The number of rotatable bonds is 2. The number of hydrogen-bond acceptors (Lipinski definition) is 3. The van der Waals surface area contributed by atoms with Crippen LogP contribution in [0, 0.1) is 19.7 Å². The van der Waals surface area contributed by atoms with Gasteiger partial charge in [-0.3, -0.25) is 0 Å². The van der Waals surface area contributed by atoms with Crippen LogP contribution in [0.15, 0.2) is 18.2 Å². The third-order valence-corrected chi connectivity index (χ3v) is 5.99. The van der Waals surface area contributed by atoms with Crippen LogP contribution in [0.25, 0.3) is 0 Å². The molecular weight excluding hydrogens is 291 g/mol. The second-order valence-corrected chi connectivity index (χ2v) is 7.54. The molecule has 20 heavy (non-hydrogen) atoms. The Kier molecular flexibility index (Phi) is 3.89. The minimum absolute atomic E-state index is 0.178. The van der Waals surface area contributed by atoms with E-state index in [0.717, 1.165) is 28.4 Å². The lowest BCUT2D eigenvalue weighted by atomic mass is 10.0. The fourth-order valence-corrected chi connectivity index (χ4v) is 5.00. The van der Waals surface area contributed by atoms with Gasteiger partial charge in [0.2, 0.25) is 0 Å². The summed E-state index contributed by atoms with van der Waals surface area (Å²) in [6.07, 6.45) is 0.451. The van der Waals surface area contributed by atoms with Crippen molar-refractivity contribution in [3.63, 3.8) is 0 Å². The molecule has 1 nitrogen and oxygen atoms in total. The first-order valence-corrected chi connectivity index (χ1v) is 8.67. The average Bonchev–Trinajstić information content (AvgIpc) is 2.87. The molecule has 1 unspecified atom stereocenters. The second-order valence-electron chi connectivity index (χ2n) is 5.27. The summed E-state index contributed by atoms with van der Waals surface area (Å²) in [5.74, 6) is 2.03. The fourth-order valence-electron chi connectivity index (χ4n) is 2.61. The van der Waals surface area contributed by atoms with Crippen molar-refractivity contribution in [2.24, 2.45) is 0 Å². The van der Waals surface area contributed by atoms with Crippen molar-refractivity contribution < 1.29 is 9.50 Å². The van der Waals surface area contributed by atoms with E-state index >= 15 is 0 Å². The van der Waals surface area contributed by atoms with Crippen LogP contribution in [0.2, 0.25) is 0 Å². The van der Waals surface area contributed by atoms with Gasteiger partial charge in [-0.2, -0.15) is 11.8 Å². The summed E-state index contributed by atoms with van der Waals surface area (Å²) >= 11 is 3.64. The molecule has 0 saturated carbocycles. The SMILES string of the molecule is Cc1cc(C(O)c2cc3c(s2)CCSC3)cc(C)c1F. The standard InChI is InChI=1S/C16H17FOS2/c1-9-5-11(6-10(2)15(9)17)16(18)14-7-12-8-19-4-3-13(12)20-14/h5-7,16,18H,3-4,8H2,1-2H3. The lowest BCUT2D eigenvalue weighted by molar-refractivity contribution is 0.224. The van der Waals surface area contributed by atoms with Crippen LogP contribution in [0.5, 0.6) is 0 Å². The highest BCUT2D eigenvalue weighted by molar-refractivity contribution is 7.98. The molecule has 4 heteroatoms. The predicted octanol–water partition coefficient (Wildman–Crippen LogP) is 4.38. The number of thiophene rings is 1. The van der Waals surface area contributed by atoms with E-state index in [2.05, 4.69) is 6.07 Å². The monoisotopic (exact) mass is 308 g/mol. The number of aliphatic hydroxyl groups is 1. The van der Waals surface area contributed by atoms with E-state index < -0.39 is 6.10 Å². The van der Waals surface area contributed by atoms with E-state index in [1.807, 2.05) is 11.8 Å². The first kappa shape index (κ1) is 14.1.